The Balaban J connectivity index is 1.30. The maximum absolute atomic E-state index is 11.6. The number of rotatable bonds is 11. The number of aliphatic carboxylic acids is 1. The molecule has 1 aromatic heterocycles. The number of carbonyl (C=O) groups is 1. The summed E-state index contributed by atoms with van der Waals surface area (Å²) in [6.45, 7) is 5.34. The molecule has 1 aliphatic rings. The smallest absolute Gasteiger partial charge is 0.307 e. The minimum Gasteiger partial charge on any atom is -0.493 e. The van der Waals surface area contributed by atoms with Gasteiger partial charge in [-0.2, -0.15) is 0 Å². The molecule has 0 bridgehead atoms. The van der Waals surface area contributed by atoms with Gasteiger partial charge in [0.15, 0.2) is 0 Å². The van der Waals surface area contributed by atoms with Crippen LogP contribution in [-0.4, -0.2) is 29.3 Å². The fourth-order valence-electron chi connectivity index (χ4n) is 5.02. The van der Waals surface area contributed by atoms with Crippen molar-refractivity contribution < 1.29 is 19.4 Å². The lowest BCUT2D eigenvalue weighted by molar-refractivity contribution is -0.142. The van der Waals surface area contributed by atoms with Crippen LogP contribution in [0.15, 0.2) is 42.6 Å². The Labute approximate surface area is 189 Å². The Hall–Kier alpha value is -2.95. The number of aromatic amines is 1. The van der Waals surface area contributed by atoms with E-state index in [-0.39, 0.29) is 11.8 Å². The molecule has 1 aliphatic carbocycles. The molecule has 32 heavy (non-hydrogen) atoms. The van der Waals surface area contributed by atoms with E-state index in [1.165, 1.54) is 22.1 Å². The van der Waals surface area contributed by atoms with Gasteiger partial charge in [-0.15, -0.1) is 0 Å². The van der Waals surface area contributed by atoms with Gasteiger partial charge >= 0.3 is 5.97 Å². The molecule has 2 N–H and O–H groups in total. The highest BCUT2D eigenvalue weighted by Gasteiger charge is 2.33. The van der Waals surface area contributed by atoms with E-state index in [1.807, 2.05) is 19.2 Å². The summed E-state index contributed by atoms with van der Waals surface area (Å²) in [6.07, 6.45) is 7.34. The average molecular weight is 436 g/mol. The van der Waals surface area contributed by atoms with Gasteiger partial charge in [-0.05, 0) is 73.1 Å². The van der Waals surface area contributed by atoms with Gasteiger partial charge in [-0.25, -0.2) is 0 Å². The molecule has 2 atom stereocenters. The Morgan fingerprint density at radius 2 is 2.00 bits per heavy atom. The zero-order chi connectivity index (χ0) is 22.5. The van der Waals surface area contributed by atoms with E-state index in [0.717, 1.165) is 49.1 Å². The second-order valence-electron chi connectivity index (χ2n) is 8.64. The first-order valence-electron chi connectivity index (χ1n) is 11.8. The Bertz CT molecular complexity index is 1070. The van der Waals surface area contributed by atoms with Crippen molar-refractivity contribution in [3.63, 3.8) is 0 Å². The molecule has 5 heteroatoms. The van der Waals surface area contributed by atoms with Crippen LogP contribution in [0.5, 0.6) is 11.5 Å². The Morgan fingerprint density at radius 1 is 1.16 bits per heavy atom. The number of fused-ring (bicyclic) bond motifs is 2. The van der Waals surface area contributed by atoms with Gasteiger partial charge in [-0.1, -0.05) is 26.3 Å². The van der Waals surface area contributed by atoms with E-state index in [0.29, 0.717) is 19.6 Å². The standard InChI is InChI=1S/C27H33NO4/c1-3-6-24-23-13-14-28-25(23)11-12-26(24)32-16-5-15-31-19-8-10-21-18(17-19)7-9-22(21)20(4-2)27(29)30/h8,10-14,17,20,22,28H,3-7,9,15-16H2,1-2H3,(H,29,30)/t20?,22-/m0/s1. The Morgan fingerprint density at radius 3 is 2.78 bits per heavy atom. The van der Waals surface area contributed by atoms with Crippen molar-refractivity contribution in [3.05, 3.63) is 59.3 Å². The monoisotopic (exact) mass is 435 g/mol. The highest BCUT2D eigenvalue weighted by Crippen LogP contribution is 2.41. The first kappa shape index (κ1) is 22.3. The number of carboxylic acid groups (broad SMARTS) is 1. The molecule has 3 aromatic rings. The molecule has 4 rings (SSSR count). The van der Waals surface area contributed by atoms with Gasteiger partial charge in [0, 0.05) is 29.1 Å². The molecule has 0 radical (unpaired) electrons. The predicted octanol–water partition coefficient (Wildman–Crippen LogP) is 6.11. The molecule has 0 fully saturated rings. The van der Waals surface area contributed by atoms with Gasteiger partial charge in [0.1, 0.15) is 11.5 Å². The minimum atomic E-state index is -0.691. The molecular weight excluding hydrogens is 402 g/mol. The van der Waals surface area contributed by atoms with E-state index in [9.17, 15) is 9.90 Å². The fraction of sp³-hybridized carbons (Fsp3) is 0.444. The van der Waals surface area contributed by atoms with Crippen molar-refractivity contribution in [3.8, 4) is 11.5 Å². The minimum absolute atomic E-state index is 0.115. The quantitative estimate of drug-likeness (QED) is 0.357. The second kappa shape index (κ2) is 10.1. The van der Waals surface area contributed by atoms with Crippen molar-refractivity contribution in [2.75, 3.05) is 13.2 Å². The normalized spacial score (nSPS) is 16.1. The van der Waals surface area contributed by atoms with Crippen LogP contribution in [-0.2, 0) is 17.6 Å². The summed E-state index contributed by atoms with van der Waals surface area (Å²) in [5.74, 6) is 0.941. The van der Waals surface area contributed by atoms with E-state index in [4.69, 9.17) is 9.47 Å². The number of carboxylic acids is 1. The zero-order valence-corrected chi connectivity index (χ0v) is 19.0. The van der Waals surface area contributed by atoms with Gasteiger partial charge in [0.2, 0.25) is 0 Å². The number of benzene rings is 2. The third-order valence-corrected chi connectivity index (χ3v) is 6.60. The second-order valence-corrected chi connectivity index (χ2v) is 8.64. The van der Waals surface area contributed by atoms with Crippen molar-refractivity contribution in [1.29, 1.82) is 0 Å². The van der Waals surface area contributed by atoms with Gasteiger partial charge in [0.05, 0.1) is 19.1 Å². The van der Waals surface area contributed by atoms with Gasteiger partial charge in [-0.3, -0.25) is 4.79 Å². The summed E-state index contributed by atoms with van der Waals surface area (Å²) in [5, 5.41) is 10.8. The summed E-state index contributed by atoms with van der Waals surface area (Å²) < 4.78 is 12.1. The molecule has 170 valence electrons. The number of H-pyrrole nitrogens is 1. The van der Waals surface area contributed by atoms with Crippen LogP contribution in [0.3, 0.4) is 0 Å². The molecule has 0 saturated heterocycles. The van der Waals surface area contributed by atoms with Crippen LogP contribution in [0, 0.1) is 5.92 Å². The zero-order valence-electron chi connectivity index (χ0n) is 19.0. The predicted molar refractivity (Wildman–Crippen MR) is 127 cm³/mol. The molecule has 1 heterocycles. The molecule has 2 aromatic carbocycles. The van der Waals surface area contributed by atoms with E-state index < -0.39 is 5.97 Å². The van der Waals surface area contributed by atoms with E-state index >= 15 is 0 Å². The van der Waals surface area contributed by atoms with Crippen molar-refractivity contribution in [2.24, 2.45) is 5.92 Å². The van der Waals surface area contributed by atoms with Crippen molar-refractivity contribution in [1.82, 2.24) is 4.98 Å². The molecule has 5 nitrogen and oxygen atoms in total. The molecule has 0 aliphatic heterocycles. The third kappa shape index (κ3) is 4.62. The lowest BCUT2D eigenvalue weighted by Crippen LogP contribution is -2.19. The van der Waals surface area contributed by atoms with Crippen molar-refractivity contribution in [2.45, 2.75) is 58.3 Å². The number of hydrogen-bond acceptors (Lipinski definition) is 3. The van der Waals surface area contributed by atoms with Crippen LogP contribution >= 0.6 is 0 Å². The first-order valence-corrected chi connectivity index (χ1v) is 11.8. The van der Waals surface area contributed by atoms with E-state index in [1.54, 1.807) is 0 Å². The SMILES string of the molecule is CCCc1c(OCCCOc2ccc3c(c2)CC[C@H]3C(CC)C(=O)O)ccc2[nH]ccc12. The molecule has 1 unspecified atom stereocenters. The van der Waals surface area contributed by atoms with Crippen LogP contribution in [0.25, 0.3) is 10.9 Å². The molecular formula is C27H33NO4. The summed E-state index contributed by atoms with van der Waals surface area (Å²) in [6, 6.07) is 12.4. The topological polar surface area (TPSA) is 71.6 Å². The lowest BCUT2D eigenvalue weighted by Gasteiger charge is -2.19. The van der Waals surface area contributed by atoms with Gasteiger partial charge < -0.3 is 19.6 Å². The number of ether oxygens (including phenoxy) is 2. The molecule has 0 amide bonds. The van der Waals surface area contributed by atoms with Crippen molar-refractivity contribution >= 4 is 16.9 Å². The summed E-state index contributed by atoms with van der Waals surface area (Å²) in [4.78, 5) is 14.8. The maximum Gasteiger partial charge on any atom is 0.307 e. The van der Waals surface area contributed by atoms with Crippen LogP contribution in [0.2, 0.25) is 0 Å². The highest BCUT2D eigenvalue weighted by molar-refractivity contribution is 5.85. The van der Waals surface area contributed by atoms with E-state index in [2.05, 4.69) is 42.2 Å². The van der Waals surface area contributed by atoms with Crippen LogP contribution < -0.4 is 9.47 Å². The Kier molecular flexibility index (Phi) is 7.03. The lowest BCUT2D eigenvalue weighted by atomic mass is 9.85. The van der Waals surface area contributed by atoms with Crippen LogP contribution in [0.1, 0.15) is 62.1 Å². The average Bonchev–Trinajstić information content (AvgIpc) is 3.42. The maximum atomic E-state index is 11.6. The largest absolute Gasteiger partial charge is 0.493 e. The highest BCUT2D eigenvalue weighted by atomic mass is 16.5. The summed E-state index contributed by atoms with van der Waals surface area (Å²) in [5.41, 5.74) is 4.83. The number of hydrogen-bond donors (Lipinski definition) is 2. The molecule has 0 saturated carbocycles. The fourth-order valence-corrected chi connectivity index (χ4v) is 5.02. The third-order valence-electron chi connectivity index (χ3n) is 6.60. The summed E-state index contributed by atoms with van der Waals surface area (Å²) in [7, 11) is 0. The molecule has 0 spiro atoms. The number of nitrogens with one attached hydrogen (secondary N) is 1. The first-order chi connectivity index (χ1) is 15.6. The number of aromatic nitrogens is 1. The van der Waals surface area contributed by atoms with Crippen LogP contribution in [0.4, 0.5) is 0 Å². The summed E-state index contributed by atoms with van der Waals surface area (Å²) >= 11 is 0. The van der Waals surface area contributed by atoms with Gasteiger partial charge in [0.25, 0.3) is 0 Å². The number of aryl methyl sites for hydroxylation is 2.